The Labute approximate surface area is 163 Å². The first kappa shape index (κ1) is 19.3. The molecule has 0 saturated carbocycles. The quantitative estimate of drug-likeness (QED) is 0.583. The first-order valence-electron chi connectivity index (χ1n) is 8.15. The number of carbonyl (C=O) groups is 2. The molecule has 4 N–H and O–H groups in total. The summed E-state index contributed by atoms with van der Waals surface area (Å²) >= 11 is 5.94. The van der Waals surface area contributed by atoms with Crippen LogP contribution in [0, 0.1) is 5.82 Å². The van der Waals surface area contributed by atoms with Gasteiger partial charge < -0.3 is 20.9 Å². The summed E-state index contributed by atoms with van der Waals surface area (Å²) in [7, 11) is 0. The number of hydrogen-bond donors (Lipinski definition) is 3. The molecule has 1 heterocycles. The lowest BCUT2D eigenvalue weighted by Crippen LogP contribution is -2.30. The smallest absolute Gasteiger partial charge is 0.319 e. The topological polar surface area (TPSA) is 123 Å². The van der Waals surface area contributed by atoms with Crippen LogP contribution in [0.5, 0.6) is 0 Å². The van der Waals surface area contributed by atoms with Gasteiger partial charge in [-0.1, -0.05) is 28.9 Å². The van der Waals surface area contributed by atoms with Crippen molar-refractivity contribution in [3.8, 4) is 11.4 Å². The molecule has 0 saturated heterocycles. The molecule has 0 unspecified atom stereocenters. The van der Waals surface area contributed by atoms with Crippen LogP contribution in [0.2, 0.25) is 5.02 Å². The van der Waals surface area contributed by atoms with Crippen molar-refractivity contribution in [1.82, 2.24) is 15.5 Å². The standard InChI is InChI=1S/C18H15ClFN5O3/c19-11-3-1-2-10(8-11)17-24-15(28-25-17)6-7-22-18(27)23-12-4-5-14(20)13(9-12)16(21)26/h1-5,8-9H,6-7H2,(H2,21,26)(H2,22,23,27). The highest BCUT2D eigenvalue weighted by molar-refractivity contribution is 6.30. The maximum Gasteiger partial charge on any atom is 0.319 e. The van der Waals surface area contributed by atoms with Crippen LogP contribution < -0.4 is 16.4 Å². The van der Waals surface area contributed by atoms with Gasteiger partial charge in [-0.3, -0.25) is 4.79 Å². The van der Waals surface area contributed by atoms with Gasteiger partial charge >= 0.3 is 6.03 Å². The first-order chi connectivity index (χ1) is 13.4. The van der Waals surface area contributed by atoms with E-state index >= 15 is 0 Å². The Balaban J connectivity index is 1.52. The Bertz CT molecular complexity index is 1020. The van der Waals surface area contributed by atoms with Gasteiger partial charge in [-0.15, -0.1) is 0 Å². The number of anilines is 1. The number of rotatable bonds is 6. The summed E-state index contributed by atoms with van der Waals surface area (Å²) in [6.07, 6.45) is 0.303. The molecule has 28 heavy (non-hydrogen) atoms. The minimum atomic E-state index is -0.923. The zero-order valence-corrected chi connectivity index (χ0v) is 15.2. The molecule has 0 fully saturated rings. The van der Waals surface area contributed by atoms with E-state index in [0.29, 0.717) is 23.2 Å². The summed E-state index contributed by atoms with van der Waals surface area (Å²) < 4.78 is 18.6. The maximum atomic E-state index is 13.4. The van der Waals surface area contributed by atoms with Gasteiger partial charge in [0.25, 0.3) is 5.91 Å². The number of primary amides is 1. The zero-order chi connectivity index (χ0) is 20.1. The summed E-state index contributed by atoms with van der Waals surface area (Å²) in [5.41, 5.74) is 5.71. The van der Waals surface area contributed by atoms with Crippen molar-refractivity contribution in [2.24, 2.45) is 5.73 Å². The van der Waals surface area contributed by atoms with Gasteiger partial charge in [-0.25, -0.2) is 9.18 Å². The van der Waals surface area contributed by atoms with E-state index in [0.717, 1.165) is 17.7 Å². The van der Waals surface area contributed by atoms with Crippen molar-refractivity contribution < 1.29 is 18.5 Å². The van der Waals surface area contributed by atoms with E-state index in [1.54, 1.807) is 24.3 Å². The molecule has 0 atom stereocenters. The van der Waals surface area contributed by atoms with E-state index in [-0.39, 0.29) is 17.8 Å². The number of urea groups is 1. The molecular formula is C18H15ClFN5O3. The number of nitrogens with one attached hydrogen (secondary N) is 2. The molecule has 10 heteroatoms. The average molecular weight is 404 g/mol. The third-order valence-corrected chi connectivity index (χ3v) is 3.90. The molecule has 0 aliphatic carbocycles. The van der Waals surface area contributed by atoms with Gasteiger partial charge in [0.15, 0.2) is 0 Å². The van der Waals surface area contributed by atoms with Gasteiger partial charge in [0.1, 0.15) is 5.82 Å². The number of nitrogens with zero attached hydrogens (tertiary/aromatic N) is 2. The van der Waals surface area contributed by atoms with Crippen molar-refractivity contribution in [2.75, 3.05) is 11.9 Å². The molecular weight excluding hydrogens is 389 g/mol. The molecule has 0 bridgehead atoms. The molecule has 0 aliphatic rings. The largest absolute Gasteiger partial charge is 0.366 e. The number of hydrogen-bond acceptors (Lipinski definition) is 5. The average Bonchev–Trinajstić information content (AvgIpc) is 3.12. The second-order valence-electron chi connectivity index (χ2n) is 5.71. The number of carbonyl (C=O) groups excluding carboxylic acids is 2. The maximum absolute atomic E-state index is 13.4. The summed E-state index contributed by atoms with van der Waals surface area (Å²) in [5, 5.41) is 9.51. The highest BCUT2D eigenvalue weighted by atomic mass is 35.5. The summed E-state index contributed by atoms with van der Waals surface area (Å²) in [4.78, 5) is 27.3. The van der Waals surface area contributed by atoms with E-state index in [2.05, 4.69) is 20.8 Å². The lowest BCUT2D eigenvalue weighted by molar-refractivity contribution is 0.0996. The Kier molecular flexibility index (Phi) is 5.85. The van der Waals surface area contributed by atoms with E-state index in [1.807, 2.05) is 0 Å². The van der Waals surface area contributed by atoms with Crippen LogP contribution in [0.25, 0.3) is 11.4 Å². The highest BCUT2D eigenvalue weighted by Gasteiger charge is 2.12. The predicted molar refractivity (Wildman–Crippen MR) is 100 cm³/mol. The third-order valence-electron chi connectivity index (χ3n) is 3.67. The summed E-state index contributed by atoms with van der Waals surface area (Å²) in [6, 6.07) is 10.0. The Morgan fingerprint density at radius 3 is 2.79 bits per heavy atom. The lowest BCUT2D eigenvalue weighted by Gasteiger charge is -2.08. The Hall–Kier alpha value is -3.46. The van der Waals surface area contributed by atoms with Crippen molar-refractivity contribution in [3.63, 3.8) is 0 Å². The fourth-order valence-corrected chi connectivity index (χ4v) is 2.54. The fraction of sp³-hybridized carbons (Fsp3) is 0.111. The number of aromatic nitrogens is 2. The van der Waals surface area contributed by atoms with E-state index in [9.17, 15) is 14.0 Å². The number of amides is 3. The molecule has 3 amide bonds. The number of nitrogens with two attached hydrogens (primary N) is 1. The molecule has 3 rings (SSSR count). The second-order valence-corrected chi connectivity index (χ2v) is 6.15. The first-order valence-corrected chi connectivity index (χ1v) is 8.53. The number of halogens is 2. The van der Waals surface area contributed by atoms with Crippen LogP contribution in [0.3, 0.4) is 0 Å². The van der Waals surface area contributed by atoms with Crippen LogP contribution in [-0.2, 0) is 6.42 Å². The predicted octanol–water partition coefficient (Wildman–Crippen LogP) is 2.99. The molecule has 3 aromatic rings. The van der Waals surface area contributed by atoms with E-state index < -0.39 is 17.8 Å². The van der Waals surface area contributed by atoms with Gasteiger partial charge in [0, 0.05) is 29.2 Å². The van der Waals surface area contributed by atoms with Crippen molar-refractivity contribution in [3.05, 3.63) is 64.8 Å². The summed E-state index contributed by atoms with van der Waals surface area (Å²) in [6.45, 7) is 0.215. The molecule has 0 aliphatic heterocycles. The molecule has 8 nitrogen and oxygen atoms in total. The SMILES string of the molecule is NC(=O)c1cc(NC(=O)NCCc2nc(-c3cccc(Cl)c3)no2)ccc1F. The monoisotopic (exact) mass is 403 g/mol. The normalized spacial score (nSPS) is 10.5. The van der Waals surface area contributed by atoms with Crippen molar-refractivity contribution >= 4 is 29.2 Å². The molecule has 1 aromatic heterocycles. The lowest BCUT2D eigenvalue weighted by atomic mass is 10.2. The van der Waals surface area contributed by atoms with Crippen LogP contribution in [0.4, 0.5) is 14.9 Å². The van der Waals surface area contributed by atoms with Gasteiger partial charge in [-0.2, -0.15) is 4.98 Å². The molecule has 2 aromatic carbocycles. The zero-order valence-electron chi connectivity index (χ0n) is 14.4. The van der Waals surface area contributed by atoms with Crippen LogP contribution >= 0.6 is 11.6 Å². The Morgan fingerprint density at radius 2 is 2.04 bits per heavy atom. The minimum absolute atomic E-state index is 0.215. The number of benzene rings is 2. The fourth-order valence-electron chi connectivity index (χ4n) is 2.35. The van der Waals surface area contributed by atoms with Gasteiger partial charge in [-0.05, 0) is 30.3 Å². The van der Waals surface area contributed by atoms with Crippen molar-refractivity contribution in [1.29, 1.82) is 0 Å². The van der Waals surface area contributed by atoms with Crippen LogP contribution in [-0.4, -0.2) is 28.6 Å². The van der Waals surface area contributed by atoms with Gasteiger partial charge in [0.05, 0.1) is 5.56 Å². The summed E-state index contributed by atoms with van der Waals surface area (Å²) in [5.74, 6) is -0.945. The van der Waals surface area contributed by atoms with Crippen molar-refractivity contribution in [2.45, 2.75) is 6.42 Å². The molecule has 0 radical (unpaired) electrons. The second kappa shape index (κ2) is 8.49. The van der Waals surface area contributed by atoms with Crippen LogP contribution in [0.15, 0.2) is 47.0 Å². The Morgan fingerprint density at radius 1 is 1.21 bits per heavy atom. The van der Waals surface area contributed by atoms with E-state index in [4.69, 9.17) is 21.9 Å². The molecule has 0 spiro atoms. The van der Waals surface area contributed by atoms with Gasteiger partial charge in [0.2, 0.25) is 11.7 Å². The minimum Gasteiger partial charge on any atom is -0.366 e. The highest BCUT2D eigenvalue weighted by Crippen LogP contribution is 2.20. The molecule has 144 valence electrons. The van der Waals surface area contributed by atoms with E-state index in [1.165, 1.54) is 6.07 Å². The van der Waals surface area contributed by atoms with Crippen LogP contribution in [0.1, 0.15) is 16.2 Å². The third kappa shape index (κ3) is 4.83.